The Morgan fingerprint density at radius 1 is 0.920 bits per heavy atom. The van der Waals surface area contributed by atoms with Crippen LogP contribution < -0.4 is 15.4 Å². The van der Waals surface area contributed by atoms with E-state index in [2.05, 4.69) is 10.6 Å². The lowest BCUT2D eigenvalue weighted by Gasteiger charge is -2.10. The van der Waals surface area contributed by atoms with E-state index in [4.69, 9.17) is 16.3 Å². The van der Waals surface area contributed by atoms with E-state index in [0.717, 1.165) is 11.4 Å². The van der Waals surface area contributed by atoms with E-state index < -0.39 is 0 Å². The van der Waals surface area contributed by atoms with Crippen LogP contribution in [0.25, 0.3) is 0 Å². The molecule has 0 fully saturated rings. The largest absolute Gasteiger partial charge is 0.497 e. The number of hydrogen-bond acceptors (Lipinski definition) is 3. The van der Waals surface area contributed by atoms with Gasteiger partial charge in [0.25, 0.3) is 5.91 Å². The maximum atomic E-state index is 12.3. The quantitative estimate of drug-likeness (QED) is 0.651. The number of anilines is 3. The van der Waals surface area contributed by atoms with Crippen molar-refractivity contribution in [1.82, 2.24) is 0 Å². The molecule has 4 nitrogen and oxygen atoms in total. The van der Waals surface area contributed by atoms with Crippen molar-refractivity contribution in [2.24, 2.45) is 0 Å². The molecule has 25 heavy (non-hydrogen) atoms. The van der Waals surface area contributed by atoms with Crippen molar-refractivity contribution in [3.63, 3.8) is 0 Å². The highest BCUT2D eigenvalue weighted by atomic mass is 35.5. The van der Waals surface area contributed by atoms with Crippen molar-refractivity contribution in [2.45, 2.75) is 0 Å². The summed E-state index contributed by atoms with van der Waals surface area (Å²) in [5.41, 5.74) is 2.96. The van der Waals surface area contributed by atoms with Crippen LogP contribution in [-0.4, -0.2) is 13.0 Å². The first-order chi connectivity index (χ1) is 12.2. The van der Waals surface area contributed by atoms with Crippen LogP contribution in [-0.2, 0) is 0 Å². The zero-order valence-corrected chi connectivity index (χ0v) is 14.4. The van der Waals surface area contributed by atoms with Gasteiger partial charge >= 0.3 is 0 Å². The van der Waals surface area contributed by atoms with Gasteiger partial charge in [-0.15, -0.1) is 0 Å². The molecular formula is C20H17ClN2O2. The van der Waals surface area contributed by atoms with E-state index >= 15 is 0 Å². The summed E-state index contributed by atoms with van der Waals surface area (Å²) in [6, 6.07) is 22.0. The van der Waals surface area contributed by atoms with Crippen molar-refractivity contribution < 1.29 is 9.53 Å². The van der Waals surface area contributed by atoms with Crippen LogP contribution in [0, 0.1) is 0 Å². The Labute approximate surface area is 151 Å². The number of hydrogen-bond donors (Lipinski definition) is 2. The molecule has 0 bridgehead atoms. The predicted octanol–water partition coefficient (Wildman–Crippen LogP) is 5.34. The minimum absolute atomic E-state index is 0.189. The predicted molar refractivity (Wildman–Crippen MR) is 102 cm³/mol. The third kappa shape index (κ3) is 4.31. The normalized spacial score (nSPS) is 10.2. The molecule has 3 aromatic rings. The van der Waals surface area contributed by atoms with Crippen molar-refractivity contribution in [1.29, 1.82) is 0 Å². The zero-order chi connectivity index (χ0) is 17.6. The molecule has 0 heterocycles. The van der Waals surface area contributed by atoms with Gasteiger partial charge < -0.3 is 15.4 Å². The fourth-order valence-electron chi connectivity index (χ4n) is 2.32. The van der Waals surface area contributed by atoms with Gasteiger partial charge in [0.15, 0.2) is 0 Å². The molecular weight excluding hydrogens is 336 g/mol. The van der Waals surface area contributed by atoms with Crippen LogP contribution in [0.15, 0.2) is 72.8 Å². The number of carbonyl (C=O) groups excluding carboxylic acids is 1. The number of amides is 1. The number of para-hydroxylation sites is 1. The van der Waals surface area contributed by atoms with Gasteiger partial charge in [0.1, 0.15) is 5.75 Å². The molecule has 0 aliphatic heterocycles. The molecule has 3 aromatic carbocycles. The highest BCUT2D eigenvalue weighted by Crippen LogP contribution is 2.25. The lowest BCUT2D eigenvalue weighted by Crippen LogP contribution is -2.11. The Morgan fingerprint density at radius 3 is 2.36 bits per heavy atom. The van der Waals surface area contributed by atoms with Crippen LogP contribution in [0.4, 0.5) is 17.1 Å². The molecule has 2 N–H and O–H groups in total. The molecule has 0 unspecified atom stereocenters. The summed E-state index contributed by atoms with van der Waals surface area (Å²) in [4.78, 5) is 12.3. The fraction of sp³-hybridized carbons (Fsp3) is 0.0500. The number of methoxy groups -OCH3 is 1. The summed E-state index contributed by atoms with van der Waals surface area (Å²) in [6.45, 7) is 0. The highest BCUT2D eigenvalue weighted by Gasteiger charge is 2.07. The molecule has 0 aliphatic carbocycles. The van der Waals surface area contributed by atoms with Crippen LogP contribution in [0.2, 0.25) is 5.02 Å². The topological polar surface area (TPSA) is 50.4 Å². The molecule has 0 spiro atoms. The molecule has 1 amide bonds. The first kappa shape index (κ1) is 16.9. The number of nitrogens with one attached hydrogen (secondary N) is 2. The van der Waals surface area contributed by atoms with Gasteiger partial charge in [-0.05, 0) is 54.6 Å². The molecule has 126 valence electrons. The minimum atomic E-state index is -0.189. The van der Waals surface area contributed by atoms with Gasteiger partial charge in [-0.3, -0.25) is 4.79 Å². The van der Waals surface area contributed by atoms with E-state index in [0.29, 0.717) is 22.0 Å². The first-order valence-corrected chi connectivity index (χ1v) is 8.10. The lowest BCUT2D eigenvalue weighted by atomic mass is 10.2. The Balaban J connectivity index is 1.68. The third-order valence-electron chi connectivity index (χ3n) is 3.63. The number of benzene rings is 3. The van der Waals surface area contributed by atoms with Crippen LogP contribution in [0.1, 0.15) is 10.4 Å². The molecule has 0 aromatic heterocycles. The number of halogens is 1. The number of rotatable bonds is 5. The maximum Gasteiger partial charge on any atom is 0.255 e. The van der Waals surface area contributed by atoms with Crippen molar-refractivity contribution in [2.75, 3.05) is 17.7 Å². The van der Waals surface area contributed by atoms with Gasteiger partial charge in [0.2, 0.25) is 0 Å². The third-order valence-corrected chi connectivity index (χ3v) is 3.96. The van der Waals surface area contributed by atoms with E-state index in [-0.39, 0.29) is 5.91 Å². The molecule has 3 rings (SSSR count). The van der Waals surface area contributed by atoms with Crippen molar-refractivity contribution in [3.05, 3.63) is 83.4 Å². The van der Waals surface area contributed by atoms with E-state index in [9.17, 15) is 4.79 Å². The second kappa shape index (κ2) is 7.73. The standard InChI is InChI=1S/C20H17ClN2O2/c1-25-17-6-4-5-14(13-17)20(24)23-16-11-9-15(10-12-16)22-19-8-3-2-7-18(19)21/h2-13,22H,1H3,(H,23,24). The van der Waals surface area contributed by atoms with Crippen LogP contribution in [0.5, 0.6) is 5.75 Å². The number of carbonyl (C=O) groups is 1. The molecule has 0 aliphatic rings. The summed E-state index contributed by atoms with van der Waals surface area (Å²) in [5.74, 6) is 0.456. The number of ether oxygens (including phenoxy) is 1. The monoisotopic (exact) mass is 352 g/mol. The van der Waals surface area contributed by atoms with Crippen molar-refractivity contribution >= 4 is 34.6 Å². The van der Waals surface area contributed by atoms with Gasteiger partial charge in [0.05, 0.1) is 17.8 Å². The van der Waals surface area contributed by atoms with Crippen LogP contribution in [0.3, 0.4) is 0 Å². The molecule has 0 saturated heterocycles. The van der Waals surface area contributed by atoms with Gasteiger partial charge in [-0.25, -0.2) is 0 Å². The smallest absolute Gasteiger partial charge is 0.255 e. The van der Waals surface area contributed by atoms with E-state index in [1.165, 1.54) is 0 Å². The van der Waals surface area contributed by atoms with E-state index in [1.807, 2.05) is 48.5 Å². The summed E-state index contributed by atoms with van der Waals surface area (Å²) < 4.78 is 5.14. The Hall–Kier alpha value is -2.98. The maximum absolute atomic E-state index is 12.3. The summed E-state index contributed by atoms with van der Waals surface area (Å²) in [6.07, 6.45) is 0. The lowest BCUT2D eigenvalue weighted by molar-refractivity contribution is 0.102. The zero-order valence-electron chi connectivity index (χ0n) is 13.6. The Morgan fingerprint density at radius 2 is 1.64 bits per heavy atom. The Kier molecular flexibility index (Phi) is 5.21. The highest BCUT2D eigenvalue weighted by molar-refractivity contribution is 6.33. The van der Waals surface area contributed by atoms with Gasteiger partial charge in [0, 0.05) is 16.9 Å². The molecule has 0 saturated carbocycles. The average molecular weight is 353 g/mol. The summed E-state index contributed by atoms with van der Waals surface area (Å²) in [5, 5.41) is 6.75. The summed E-state index contributed by atoms with van der Waals surface area (Å²) >= 11 is 6.14. The first-order valence-electron chi connectivity index (χ1n) is 7.73. The average Bonchev–Trinajstić information content (AvgIpc) is 2.65. The SMILES string of the molecule is COc1cccc(C(=O)Nc2ccc(Nc3ccccc3Cl)cc2)c1. The van der Waals surface area contributed by atoms with Gasteiger partial charge in [-0.1, -0.05) is 29.8 Å². The second-order valence-corrected chi connectivity index (χ2v) is 5.78. The molecule has 0 atom stereocenters. The Bertz CT molecular complexity index is 879. The van der Waals surface area contributed by atoms with Gasteiger partial charge in [-0.2, -0.15) is 0 Å². The minimum Gasteiger partial charge on any atom is -0.497 e. The van der Waals surface area contributed by atoms with Crippen molar-refractivity contribution in [3.8, 4) is 5.75 Å². The second-order valence-electron chi connectivity index (χ2n) is 5.37. The van der Waals surface area contributed by atoms with E-state index in [1.54, 1.807) is 31.4 Å². The molecule has 0 radical (unpaired) electrons. The summed E-state index contributed by atoms with van der Waals surface area (Å²) in [7, 11) is 1.57. The molecule has 5 heteroatoms. The fourth-order valence-corrected chi connectivity index (χ4v) is 2.51. The van der Waals surface area contributed by atoms with Crippen LogP contribution >= 0.6 is 11.6 Å².